The summed E-state index contributed by atoms with van der Waals surface area (Å²) in [6, 6.07) is 16.3. The van der Waals surface area contributed by atoms with Gasteiger partial charge in [0.15, 0.2) is 5.16 Å². The van der Waals surface area contributed by atoms with Gasteiger partial charge in [0.2, 0.25) is 5.88 Å². The van der Waals surface area contributed by atoms with Gasteiger partial charge in [-0.25, -0.2) is 10.4 Å². The third-order valence-electron chi connectivity index (χ3n) is 4.18. The van der Waals surface area contributed by atoms with Crippen LogP contribution in [0.4, 0.5) is 5.69 Å². The summed E-state index contributed by atoms with van der Waals surface area (Å²) >= 11 is 1.52. The first-order chi connectivity index (χ1) is 15.5. The standard InChI is InChI=1S/C22H21N5O4S/c1-3-32-22-23-15(2)13-20(24-22)31-14-19(16-7-5-4-6-8-16)25-26-21(28)17-9-11-18(12-10-17)27(29)30/h4-13H,3,14H2,1-2H3,(H,26,28)/b25-19-. The molecule has 0 fully saturated rings. The van der Waals surface area contributed by atoms with Crippen LogP contribution in [0.25, 0.3) is 0 Å². The van der Waals surface area contributed by atoms with Gasteiger partial charge < -0.3 is 4.74 Å². The number of nitrogens with zero attached hydrogens (tertiary/aromatic N) is 4. The molecule has 1 aromatic heterocycles. The highest BCUT2D eigenvalue weighted by Crippen LogP contribution is 2.18. The SMILES string of the molecule is CCSc1nc(C)cc(OC/C(=N/NC(=O)c2ccc([N+](=O)[O-])cc2)c2ccccc2)n1. The predicted octanol–water partition coefficient (Wildman–Crippen LogP) is 4.02. The first-order valence-electron chi connectivity index (χ1n) is 9.74. The number of thioether (sulfide) groups is 1. The fraction of sp³-hybridized carbons (Fsp3) is 0.182. The molecule has 0 aliphatic rings. The Morgan fingerprint density at radius 3 is 2.50 bits per heavy atom. The van der Waals surface area contributed by atoms with Crippen molar-refractivity contribution in [1.82, 2.24) is 15.4 Å². The number of aromatic nitrogens is 2. The van der Waals surface area contributed by atoms with E-state index in [0.29, 0.717) is 16.7 Å². The summed E-state index contributed by atoms with van der Waals surface area (Å²) in [5, 5.41) is 15.6. The number of nitro groups is 1. The lowest BCUT2D eigenvalue weighted by molar-refractivity contribution is -0.384. The van der Waals surface area contributed by atoms with Crippen molar-refractivity contribution in [3.8, 4) is 5.88 Å². The lowest BCUT2D eigenvalue weighted by atomic mass is 10.1. The molecule has 0 atom stereocenters. The van der Waals surface area contributed by atoms with E-state index in [2.05, 4.69) is 20.5 Å². The molecule has 1 amide bonds. The molecule has 10 heteroatoms. The normalized spacial score (nSPS) is 11.1. The number of amides is 1. The highest BCUT2D eigenvalue weighted by atomic mass is 32.2. The van der Waals surface area contributed by atoms with Gasteiger partial charge >= 0.3 is 0 Å². The third kappa shape index (κ3) is 6.35. The van der Waals surface area contributed by atoms with E-state index >= 15 is 0 Å². The van der Waals surface area contributed by atoms with Crippen LogP contribution in [0.15, 0.2) is 70.9 Å². The summed E-state index contributed by atoms with van der Waals surface area (Å²) in [7, 11) is 0. The molecule has 9 nitrogen and oxygen atoms in total. The zero-order chi connectivity index (χ0) is 22.9. The summed E-state index contributed by atoms with van der Waals surface area (Å²) in [5.41, 5.74) is 4.69. The number of nitro benzene ring substituents is 1. The first kappa shape index (κ1) is 22.9. The van der Waals surface area contributed by atoms with E-state index in [9.17, 15) is 14.9 Å². The van der Waals surface area contributed by atoms with Gasteiger partial charge in [0.1, 0.15) is 12.3 Å². The lowest BCUT2D eigenvalue weighted by Crippen LogP contribution is -2.23. The fourth-order valence-corrected chi connectivity index (χ4v) is 3.27. The Hall–Kier alpha value is -3.79. The maximum absolute atomic E-state index is 12.4. The van der Waals surface area contributed by atoms with Crippen molar-refractivity contribution in [2.75, 3.05) is 12.4 Å². The Bertz CT molecular complexity index is 1120. The van der Waals surface area contributed by atoms with Crippen molar-refractivity contribution in [2.24, 2.45) is 5.10 Å². The quantitative estimate of drug-likeness (QED) is 0.171. The number of hydrogen-bond acceptors (Lipinski definition) is 8. The van der Waals surface area contributed by atoms with Crippen molar-refractivity contribution in [2.45, 2.75) is 19.0 Å². The molecular formula is C22H21N5O4S. The molecule has 3 aromatic rings. The number of nitrogens with one attached hydrogen (secondary N) is 1. The number of aryl methyl sites for hydroxylation is 1. The van der Waals surface area contributed by atoms with Crippen LogP contribution in [0, 0.1) is 17.0 Å². The van der Waals surface area contributed by atoms with Crippen molar-refractivity contribution < 1.29 is 14.5 Å². The monoisotopic (exact) mass is 451 g/mol. The van der Waals surface area contributed by atoms with E-state index in [1.807, 2.05) is 44.2 Å². The Labute approximate surface area is 189 Å². The van der Waals surface area contributed by atoms with Crippen LogP contribution in [-0.2, 0) is 0 Å². The van der Waals surface area contributed by atoms with Gasteiger partial charge in [-0.15, -0.1) is 0 Å². The average Bonchev–Trinajstić information content (AvgIpc) is 2.79. The first-order valence-corrected chi connectivity index (χ1v) is 10.7. The minimum absolute atomic E-state index is 0.0667. The van der Waals surface area contributed by atoms with Gasteiger partial charge in [-0.05, 0) is 24.8 Å². The van der Waals surface area contributed by atoms with Crippen LogP contribution in [0.5, 0.6) is 5.88 Å². The van der Waals surface area contributed by atoms with Crippen LogP contribution < -0.4 is 10.2 Å². The Kier molecular flexibility index (Phi) is 7.87. The van der Waals surface area contributed by atoms with E-state index in [0.717, 1.165) is 17.0 Å². The molecule has 2 aromatic carbocycles. The van der Waals surface area contributed by atoms with Crippen molar-refractivity contribution in [3.05, 3.63) is 87.6 Å². The molecule has 164 valence electrons. The number of carbonyl (C=O) groups excluding carboxylic acids is 1. The summed E-state index contributed by atoms with van der Waals surface area (Å²) in [6.07, 6.45) is 0. The van der Waals surface area contributed by atoms with Crippen LogP contribution in [0.1, 0.15) is 28.5 Å². The molecule has 3 rings (SSSR count). The molecule has 0 spiro atoms. The zero-order valence-electron chi connectivity index (χ0n) is 17.5. The van der Waals surface area contributed by atoms with Crippen LogP contribution in [-0.4, -0.2) is 38.9 Å². The topological polar surface area (TPSA) is 120 Å². The predicted molar refractivity (Wildman–Crippen MR) is 122 cm³/mol. The zero-order valence-corrected chi connectivity index (χ0v) is 18.3. The maximum Gasteiger partial charge on any atom is 0.271 e. The van der Waals surface area contributed by atoms with Gasteiger partial charge in [-0.2, -0.15) is 10.1 Å². The third-order valence-corrected chi connectivity index (χ3v) is 4.91. The molecular weight excluding hydrogens is 430 g/mol. The molecule has 0 unspecified atom stereocenters. The smallest absolute Gasteiger partial charge is 0.271 e. The number of non-ortho nitro benzene ring substituents is 1. The van der Waals surface area contributed by atoms with Crippen molar-refractivity contribution in [1.29, 1.82) is 0 Å². The maximum atomic E-state index is 12.4. The molecule has 0 bridgehead atoms. The fourth-order valence-electron chi connectivity index (χ4n) is 2.65. The van der Waals surface area contributed by atoms with Crippen LogP contribution in [0.3, 0.4) is 0 Å². The molecule has 1 heterocycles. The lowest BCUT2D eigenvalue weighted by Gasteiger charge is -2.10. The van der Waals surface area contributed by atoms with E-state index in [1.165, 1.54) is 36.0 Å². The number of carbonyl (C=O) groups is 1. The molecule has 1 N–H and O–H groups in total. The Morgan fingerprint density at radius 1 is 1.12 bits per heavy atom. The Morgan fingerprint density at radius 2 is 1.84 bits per heavy atom. The molecule has 0 saturated carbocycles. The van der Waals surface area contributed by atoms with E-state index < -0.39 is 10.8 Å². The summed E-state index contributed by atoms with van der Waals surface area (Å²) < 4.78 is 5.85. The van der Waals surface area contributed by atoms with E-state index in [-0.39, 0.29) is 17.9 Å². The highest BCUT2D eigenvalue weighted by molar-refractivity contribution is 7.99. The number of hydrazone groups is 1. The molecule has 0 aliphatic heterocycles. The number of ether oxygens (including phenoxy) is 1. The molecule has 0 saturated heterocycles. The van der Waals surface area contributed by atoms with Gasteiger partial charge in [0.25, 0.3) is 11.6 Å². The van der Waals surface area contributed by atoms with Crippen molar-refractivity contribution >= 4 is 29.1 Å². The minimum atomic E-state index is -0.524. The highest BCUT2D eigenvalue weighted by Gasteiger charge is 2.12. The van der Waals surface area contributed by atoms with Gasteiger partial charge in [0, 0.05) is 35.0 Å². The van der Waals surface area contributed by atoms with Gasteiger partial charge in [0.05, 0.1) is 4.92 Å². The second-order valence-corrected chi connectivity index (χ2v) is 7.75. The second kappa shape index (κ2) is 11.0. The Balaban J connectivity index is 1.77. The molecule has 32 heavy (non-hydrogen) atoms. The van der Waals surface area contributed by atoms with Crippen molar-refractivity contribution in [3.63, 3.8) is 0 Å². The largest absolute Gasteiger partial charge is 0.471 e. The molecule has 0 radical (unpaired) electrons. The van der Waals surface area contributed by atoms with E-state index in [4.69, 9.17) is 4.74 Å². The van der Waals surface area contributed by atoms with Gasteiger partial charge in [-0.1, -0.05) is 49.0 Å². The van der Waals surface area contributed by atoms with Gasteiger partial charge in [-0.3, -0.25) is 14.9 Å². The summed E-state index contributed by atoms with van der Waals surface area (Å²) in [6.45, 7) is 3.95. The molecule has 0 aliphatic carbocycles. The minimum Gasteiger partial charge on any atom is -0.471 e. The number of rotatable bonds is 9. The van der Waals surface area contributed by atoms with Crippen LogP contribution >= 0.6 is 11.8 Å². The summed E-state index contributed by atoms with van der Waals surface area (Å²) in [5.74, 6) is 0.764. The summed E-state index contributed by atoms with van der Waals surface area (Å²) in [4.78, 5) is 31.4. The second-order valence-electron chi connectivity index (χ2n) is 6.52. The average molecular weight is 452 g/mol. The van der Waals surface area contributed by atoms with Crippen LogP contribution in [0.2, 0.25) is 0 Å². The number of hydrogen-bond donors (Lipinski definition) is 1. The number of benzene rings is 2. The van der Waals surface area contributed by atoms with E-state index in [1.54, 1.807) is 6.07 Å².